The number of aliphatic hydroxyl groups is 1. The van der Waals surface area contributed by atoms with Crippen LogP contribution in [0.25, 0.3) is 0 Å². The van der Waals surface area contributed by atoms with Crippen LogP contribution in [0.1, 0.15) is 28.5 Å². The molecule has 1 aliphatic rings. The Morgan fingerprint density at radius 3 is 2.74 bits per heavy atom. The van der Waals surface area contributed by atoms with Gasteiger partial charge in [0, 0.05) is 22.3 Å². The summed E-state index contributed by atoms with van der Waals surface area (Å²) in [5.41, 5.74) is 2.76. The van der Waals surface area contributed by atoms with Crippen molar-refractivity contribution in [2.24, 2.45) is 0 Å². The van der Waals surface area contributed by atoms with Crippen molar-refractivity contribution < 1.29 is 14.9 Å². The molecule has 1 atom stereocenters. The lowest BCUT2D eigenvalue weighted by Gasteiger charge is -2.12. The first-order valence-corrected chi connectivity index (χ1v) is 6.26. The summed E-state index contributed by atoms with van der Waals surface area (Å²) in [5, 5.41) is 19.7. The summed E-state index contributed by atoms with van der Waals surface area (Å²) in [4.78, 5) is 4.06. The number of pyridine rings is 1. The fraction of sp³-hybridized carbons (Fsp3) is 0.214. The van der Waals surface area contributed by atoms with Gasteiger partial charge < -0.3 is 14.9 Å². The second-order valence-corrected chi connectivity index (χ2v) is 4.82. The van der Waals surface area contributed by atoms with Gasteiger partial charge in [-0.25, -0.2) is 0 Å². The van der Waals surface area contributed by atoms with Crippen molar-refractivity contribution in [1.82, 2.24) is 4.98 Å². The molecule has 3 rings (SSSR count). The van der Waals surface area contributed by atoms with Crippen LogP contribution < -0.4 is 0 Å². The zero-order chi connectivity index (χ0) is 13.4. The minimum Gasteiger partial charge on any atom is -0.506 e. The van der Waals surface area contributed by atoms with Crippen LogP contribution in [-0.4, -0.2) is 15.2 Å². The Bertz CT molecular complexity index is 613. The maximum Gasteiger partial charge on any atom is 0.145 e. The van der Waals surface area contributed by atoms with E-state index in [2.05, 4.69) is 4.98 Å². The average Bonchev–Trinajstić information content (AvgIpc) is 2.85. The SMILES string of the molecule is OCc1ncc2c(c1O)COC2c1ccc(Cl)cc1. The van der Waals surface area contributed by atoms with E-state index >= 15 is 0 Å². The standard InChI is InChI=1S/C14H12ClNO3/c15-9-3-1-8(2-4-9)14-10-5-16-12(6-17)13(18)11(10)7-19-14/h1-5,14,17-18H,6-7H2. The Balaban J connectivity index is 2.03. The Hall–Kier alpha value is -1.62. The van der Waals surface area contributed by atoms with Crippen LogP contribution in [-0.2, 0) is 18.0 Å². The van der Waals surface area contributed by atoms with E-state index in [0.29, 0.717) is 17.2 Å². The summed E-state index contributed by atoms with van der Waals surface area (Å²) in [5.74, 6) is 0.0245. The lowest BCUT2D eigenvalue weighted by molar-refractivity contribution is 0.0932. The molecule has 2 aromatic rings. The molecule has 1 aliphatic heterocycles. The van der Waals surface area contributed by atoms with Gasteiger partial charge in [-0.3, -0.25) is 4.98 Å². The van der Waals surface area contributed by atoms with E-state index in [4.69, 9.17) is 21.4 Å². The number of hydrogen-bond donors (Lipinski definition) is 2. The first kappa shape index (κ1) is 12.4. The molecule has 0 saturated carbocycles. The predicted molar refractivity (Wildman–Crippen MR) is 69.9 cm³/mol. The van der Waals surface area contributed by atoms with E-state index in [1.165, 1.54) is 0 Å². The van der Waals surface area contributed by atoms with Crippen molar-refractivity contribution >= 4 is 11.6 Å². The van der Waals surface area contributed by atoms with E-state index in [-0.39, 0.29) is 24.2 Å². The highest BCUT2D eigenvalue weighted by atomic mass is 35.5. The summed E-state index contributed by atoms with van der Waals surface area (Å²) in [6.07, 6.45) is 1.39. The normalized spacial score (nSPS) is 17.5. The average molecular weight is 278 g/mol. The Labute approximate surface area is 115 Å². The molecule has 4 nitrogen and oxygen atoms in total. The summed E-state index contributed by atoms with van der Waals surface area (Å²) >= 11 is 5.86. The first-order chi connectivity index (χ1) is 9.20. The molecule has 0 aliphatic carbocycles. The van der Waals surface area contributed by atoms with Gasteiger partial charge in [-0.1, -0.05) is 23.7 Å². The number of aromatic nitrogens is 1. The Kier molecular flexibility index (Phi) is 3.14. The number of rotatable bonds is 2. The highest BCUT2D eigenvalue weighted by Crippen LogP contribution is 2.40. The number of halogens is 1. The molecule has 19 heavy (non-hydrogen) atoms. The maximum absolute atomic E-state index is 9.99. The molecule has 1 aromatic carbocycles. The molecule has 1 unspecified atom stereocenters. The Morgan fingerprint density at radius 1 is 1.32 bits per heavy atom. The minimum absolute atomic E-state index is 0.0245. The second kappa shape index (κ2) is 4.81. The quantitative estimate of drug-likeness (QED) is 0.885. The monoisotopic (exact) mass is 277 g/mol. The Morgan fingerprint density at radius 2 is 2.05 bits per heavy atom. The van der Waals surface area contributed by atoms with Gasteiger partial charge in [-0.05, 0) is 17.7 Å². The number of benzene rings is 1. The molecule has 0 fully saturated rings. The number of nitrogens with zero attached hydrogens (tertiary/aromatic N) is 1. The summed E-state index contributed by atoms with van der Waals surface area (Å²) in [6.45, 7) is 0.0225. The third kappa shape index (κ3) is 2.08. The van der Waals surface area contributed by atoms with Crippen LogP contribution in [0.3, 0.4) is 0 Å². The molecule has 0 radical (unpaired) electrons. The maximum atomic E-state index is 9.99. The predicted octanol–water partition coefficient (Wildman–Crippen LogP) is 2.55. The van der Waals surface area contributed by atoms with Gasteiger partial charge in [0.05, 0.1) is 13.2 Å². The van der Waals surface area contributed by atoms with Gasteiger partial charge in [0.15, 0.2) is 0 Å². The third-order valence-corrected chi connectivity index (χ3v) is 3.52. The molecule has 5 heteroatoms. The molecule has 1 aromatic heterocycles. The molecule has 98 valence electrons. The smallest absolute Gasteiger partial charge is 0.145 e. The highest BCUT2D eigenvalue weighted by Gasteiger charge is 2.28. The zero-order valence-corrected chi connectivity index (χ0v) is 10.8. The van der Waals surface area contributed by atoms with Crippen LogP contribution in [0.4, 0.5) is 0 Å². The van der Waals surface area contributed by atoms with Crippen molar-refractivity contribution in [2.75, 3.05) is 0 Å². The molecule has 0 amide bonds. The number of hydrogen-bond acceptors (Lipinski definition) is 4. The molecule has 0 bridgehead atoms. The van der Waals surface area contributed by atoms with Crippen molar-refractivity contribution in [3.05, 3.63) is 57.9 Å². The van der Waals surface area contributed by atoms with Gasteiger partial charge in [0.2, 0.25) is 0 Å². The van der Waals surface area contributed by atoms with Crippen molar-refractivity contribution in [3.63, 3.8) is 0 Å². The van der Waals surface area contributed by atoms with E-state index in [1.807, 2.05) is 12.1 Å². The summed E-state index contributed by atoms with van der Waals surface area (Å²) in [6, 6.07) is 7.37. The van der Waals surface area contributed by atoms with Crippen molar-refractivity contribution in [1.29, 1.82) is 0 Å². The van der Waals surface area contributed by atoms with Gasteiger partial charge >= 0.3 is 0 Å². The summed E-state index contributed by atoms with van der Waals surface area (Å²) < 4.78 is 5.70. The zero-order valence-electron chi connectivity index (χ0n) is 10.0. The fourth-order valence-electron chi connectivity index (χ4n) is 2.26. The van der Waals surface area contributed by atoms with E-state index in [0.717, 1.165) is 11.1 Å². The molecule has 0 spiro atoms. The summed E-state index contributed by atoms with van der Waals surface area (Å²) in [7, 11) is 0. The third-order valence-electron chi connectivity index (χ3n) is 3.27. The van der Waals surface area contributed by atoms with Crippen LogP contribution in [0.2, 0.25) is 5.02 Å². The van der Waals surface area contributed by atoms with Crippen LogP contribution in [0.5, 0.6) is 5.75 Å². The van der Waals surface area contributed by atoms with Gasteiger partial charge in [0.1, 0.15) is 17.5 Å². The van der Waals surface area contributed by atoms with Crippen molar-refractivity contribution in [2.45, 2.75) is 19.3 Å². The van der Waals surface area contributed by atoms with E-state index in [1.54, 1.807) is 18.3 Å². The van der Waals surface area contributed by atoms with Crippen LogP contribution in [0, 0.1) is 0 Å². The number of aromatic hydroxyl groups is 1. The number of aliphatic hydroxyl groups excluding tert-OH is 1. The number of ether oxygens (including phenoxy) is 1. The van der Waals surface area contributed by atoms with Crippen LogP contribution in [0.15, 0.2) is 30.5 Å². The van der Waals surface area contributed by atoms with Crippen LogP contribution >= 0.6 is 11.6 Å². The topological polar surface area (TPSA) is 62.6 Å². The first-order valence-electron chi connectivity index (χ1n) is 5.88. The second-order valence-electron chi connectivity index (χ2n) is 4.39. The molecular formula is C14H12ClNO3. The molecule has 0 saturated heterocycles. The van der Waals surface area contributed by atoms with E-state index < -0.39 is 0 Å². The molecule has 2 heterocycles. The lowest BCUT2D eigenvalue weighted by Crippen LogP contribution is -2.00. The highest BCUT2D eigenvalue weighted by molar-refractivity contribution is 6.30. The van der Waals surface area contributed by atoms with Crippen molar-refractivity contribution in [3.8, 4) is 5.75 Å². The largest absolute Gasteiger partial charge is 0.506 e. The molecule has 2 N–H and O–H groups in total. The fourth-order valence-corrected chi connectivity index (χ4v) is 2.39. The van der Waals surface area contributed by atoms with Gasteiger partial charge in [-0.15, -0.1) is 0 Å². The number of fused-ring (bicyclic) bond motifs is 1. The van der Waals surface area contributed by atoms with Gasteiger partial charge in [0.25, 0.3) is 0 Å². The minimum atomic E-state index is -0.287. The lowest BCUT2D eigenvalue weighted by atomic mass is 10.0. The van der Waals surface area contributed by atoms with Gasteiger partial charge in [-0.2, -0.15) is 0 Å². The van der Waals surface area contributed by atoms with E-state index in [9.17, 15) is 5.11 Å². The molecular weight excluding hydrogens is 266 g/mol.